The summed E-state index contributed by atoms with van der Waals surface area (Å²) in [5.41, 5.74) is -0.582. The quantitative estimate of drug-likeness (QED) is 0.271. The van der Waals surface area contributed by atoms with Gasteiger partial charge in [-0.15, -0.1) is 0 Å². The van der Waals surface area contributed by atoms with E-state index in [1.54, 1.807) is 48.5 Å². The van der Waals surface area contributed by atoms with Crippen LogP contribution in [0.4, 0.5) is 38.0 Å². The van der Waals surface area contributed by atoms with Gasteiger partial charge in [0.15, 0.2) is 12.4 Å². The fourth-order valence-corrected chi connectivity index (χ4v) is 2.95. The van der Waals surface area contributed by atoms with Gasteiger partial charge in [0, 0.05) is 11.3 Å². The molecule has 0 saturated carbocycles. The van der Waals surface area contributed by atoms with Crippen LogP contribution in [0.25, 0.3) is 11.4 Å². The molecule has 3 aromatic carbocycles. The van der Waals surface area contributed by atoms with Crippen molar-refractivity contribution >= 4 is 11.6 Å². The Morgan fingerprint density at radius 3 is 2.08 bits per heavy atom. The van der Waals surface area contributed by atoms with E-state index < -0.39 is 30.5 Å². The Morgan fingerprint density at radius 2 is 1.42 bits per heavy atom. The number of para-hydroxylation sites is 1. The molecule has 12 heteroatoms. The second kappa shape index (κ2) is 10.1. The van der Waals surface area contributed by atoms with Gasteiger partial charge in [0.2, 0.25) is 5.95 Å². The third kappa shape index (κ3) is 6.84. The fourth-order valence-electron chi connectivity index (χ4n) is 2.95. The first-order valence-electron chi connectivity index (χ1n) is 10.3. The van der Waals surface area contributed by atoms with E-state index >= 15 is 0 Å². The van der Waals surface area contributed by atoms with E-state index in [9.17, 15) is 26.3 Å². The van der Waals surface area contributed by atoms with Crippen molar-refractivity contribution in [3.05, 3.63) is 84.4 Å². The van der Waals surface area contributed by atoms with Gasteiger partial charge in [0.1, 0.15) is 11.5 Å². The second-order valence-corrected chi connectivity index (χ2v) is 7.31. The van der Waals surface area contributed by atoms with Crippen molar-refractivity contribution in [1.29, 1.82) is 0 Å². The van der Waals surface area contributed by atoms with Crippen LogP contribution in [0.3, 0.4) is 0 Å². The van der Waals surface area contributed by atoms with Gasteiger partial charge >= 0.3 is 18.4 Å². The van der Waals surface area contributed by atoms with E-state index in [0.29, 0.717) is 17.1 Å². The monoisotopic (exact) mass is 506 g/mol. The Hall–Kier alpha value is -4.35. The fraction of sp³-hybridized carbons (Fsp3) is 0.125. The summed E-state index contributed by atoms with van der Waals surface area (Å²) in [7, 11) is 0. The number of aromatic nitrogens is 3. The SMILES string of the molecule is FC(F)(F)COc1nc(Nc2cccc(C(F)(F)F)c2)nc(-c2ccc(Oc3ccccc3)cc2)n1. The molecule has 6 nitrogen and oxygen atoms in total. The summed E-state index contributed by atoms with van der Waals surface area (Å²) in [6, 6.07) is 18.8. The van der Waals surface area contributed by atoms with Crippen LogP contribution in [0.1, 0.15) is 5.56 Å². The molecule has 0 saturated heterocycles. The van der Waals surface area contributed by atoms with E-state index in [0.717, 1.165) is 12.1 Å². The number of benzene rings is 3. The molecule has 0 unspecified atom stereocenters. The molecule has 1 heterocycles. The average molecular weight is 506 g/mol. The van der Waals surface area contributed by atoms with Crippen LogP contribution >= 0.6 is 0 Å². The minimum Gasteiger partial charge on any atom is -0.457 e. The van der Waals surface area contributed by atoms with E-state index in [1.807, 2.05) is 6.07 Å². The lowest BCUT2D eigenvalue weighted by molar-refractivity contribution is -0.154. The Morgan fingerprint density at radius 1 is 0.722 bits per heavy atom. The summed E-state index contributed by atoms with van der Waals surface area (Å²) in [5.74, 6) is 0.708. The zero-order chi connectivity index (χ0) is 25.8. The molecule has 0 bridgehead atoms. The molecule has 0 aliphatic rings. The number of hydrogen-bond acceptors (Lipinski definition) is 6. The zero-order valence-electron chi connectivity index (χ0n) is 18.1. The van der Waals surface area contributed by atoms with Crippen molar-refractivity contribution < 1.29 is 35.8 Å². The molecule has 1 N–H and O–H groups in total. The number of anilines is 2. The molecule has 0 atom stereocenters. The molecular weight excluding hydrogens is 490 g/mol. The lowest BCUT2D eigenvalue weighted by atomic mass is 10.2. The minimum atomic E-state index is -4.65. The van der Waals surface area contributed by atoms with E-state index in [1.165, 1.54) is 12.1 Å². The van der Waals surface area contributed by atoms with Gasteiger partial charge in [0.05, 0.1) is 5.56 Å². The first-order chi connectivity index (χ1) is 17.0. The molecule has 4 rings (SSSR count). The van der Waals surface area contributed by atoms with Crippen molar-refractivity contribution in [1.82, 2.24) is 15.0 Å². The molecule has 0 radical (unpaired) electrons. The van der Waals surface area contributed by atoms with Crippen molar-refractivity contribution in [3.63, 3.8) is 0 Å². The number of rotatable bonds is 7. The largest absolute Gasteiger partial charge is 0.457 e. The predicted molar refractivity (Wildman–Crippen MR) is 118 cm³/mol. The lowest BCUT2D eigenvalue weighted by Gasteiger charge is -2.12. The average Bonchev–Trinajstić information content (AvgIpc) is 2.83. The van der Waals surface area contributed by atoms with E-state index in [4.69, 9.17) is 4.74 Å². The Labute approximate surface area is 200 Å². The number of nitrogens with zero attached hydrogens (tertiary/aromatic N) is 3. The number of alkyl halides is 6. The van der Waals surface area contributed by atoms with Crippen LogP contribution in [0.2, 0.25) is 0 Å². The number of nitrogens with one attached hydrogen (secondary N) is 1. The normalized spacial score (nSPS) is 11.7. The molecule has 4 aromatic rings. The predicted octanol–water partition coefficient (Wildman–Crippen LogP) is 7.03. The molecule has 0 spiro atoms. The summed E-state index contributed by atoms with van der Waals surface area (Å²) < 4.78 is 87.4. The van der Waals surface area contributed by atoms with Crippen molar-refractivity contribution in [2.75, 3.05) is 11.9 Å². The van der Waals surface area contributed by atoms with Crippen LogP contribution in [-0.2, 0) is 6.18 Å². The van der Waals surface area contributed by atoms with Crippen LogP contribution < -0.4 is 14.8 Å². The highest BCUT2D eigenvalue weighted by molar-refractivity contribution is 5.61. The van der Waals surface area contributed by atoms with Gasteiger partial charge < -0.3 is 14.8 Å². The molecular formula is C24H16F6N4O2. The standard InChI is InChI=1S/C24H16F6N4O2/c25-23(26,27)14-35-22-33-20(15-9-11-19(12-10-15)36-18-7-2-1-3-8-18)32-21(34-22)31-17-6-4-5-16(13-17)24(28,29)30/h1-13H,14H2,(H,31,32,33,34). The van der Waals surface area contributed by atoms with Gasteiger partial charge in [0.25, 0.3) is 0 Å². The lowest BCUT2D eigenvalue weighted by Crippen LogP contribution is -2.20. The first kappa shape index (κ1) is 24.8. The van der Waals surface area contributed by atoms with Gasteiger partial charge in [-0.25, -0.2) is 0 Å². The van der Waals surface area contributed by atoms with E-state index in [-0.39, 0.29) is 17.5 Å². The Bertz CT molecular complexity index is 1310. The molecule has 0 aliphatic heterocycles. The van der Waals surface area contributed by atoms with Crippen molar-refractivity contribution in [2.45, 2.75) is 12.4 Å². The second-order valence-electron chi connectivity index (χ2n) is 7.31. The zero-order valence-corrected chi connectivity index (χ0v) is 18.1. The molecule has 36 heavy (non-hydrogen) atoms. The number of halogens is 6. The summed E-state index contributed by atoms with van der Waals surface area (Å²) in [4.78, 5) is 11.8. The third-order valence-electron chi connectivity index (χ3n) is 4.52. The molecule has 186 valence electrons. The Balaban J connectivity index is 1.62. The van der Waals surface area contributed by atoms with E-state index in [2.05, 4.69) is 25.0 Å². The minimum absolute atomic E-state index is 0.0321. The number of ether oxygens (including phenoxy) is 2. The maximum absolute atomic E-state index is 13.0. The van der Waals surface area contributed by atoms with Crippen LogP contribution in [0.5, 0.6) is 17.5 Å². The van der Waals surface area contributed by atoms with Crippen molar-refractivity contribution in [2.24, 2.45) is 0 Å². The topological polar surface area (TPSA) is 69.2 Å². The highest BCUT2D eigenvalue weighted by atomic mass is 19.4. The third-order valence-corrected chi connectivity index (χ3v) is 4.52. The van der Waals surface area contributed by atoms with Gasteiger partial charge in [-0.1, -0.05) is 24.3 Å². The van der Waals surface area contributed by atoms with Crippen LogP contribution in [0.15, 0.2) is 78.9 Å². The highest BCUT2D eigenvalue weighted by Crippen LogP contribution is 2.32. The summed E-state index contributed by atoms with van der Waals surface area (Å²) in [6.07, 6.45) is -9.25. The van der Waals surface area contributed by atoms with Crippen LogP contribution in [-0.4, -0.2) is 27.7 Å². The number of hydrogen-bond donors (Lipinski definition) is 1. The molecule has 0 aliphatic carbocycles. The highest BCUT2D eigenvalue weighted by Gasteiger charge is 2.31. The summed E-state index contributed by atoms with van der Waals surface area (Å²) in [5, 5.41) is 2.56. The molecule has 0 amide bonds. The van der Waals surface area contributed by atoms with Crippen LogP contribution in [0, 0.1) is 0 Å². The smallest absolute Gasteiger partial charge is 0.422 e. The summed E-state index contributed by atoms with van der Waals surface area (Å²) >= 11 is 0. The van der Waals surface area contributed by atoms with Gasteiger partial charge in [-0.3, -0.25) is 0 Å². The molecule has 0 fully saturated rings. The summed E-state index contributed by atoms with van der Waals surface area (Å²) in [6.45, 7) is -1.66. The molecule has 1 aromatic heterocycles. The first-order valence-corrected chi connectivity index (χ1v) is 10.3. The maximum Gasteiger partial charge on any atom is 0.422 e. The Kier molecular flexibility index (Phi) is 6.95. The van der Waals surface area contributed by atoms with Crippen molar-refractivity contribution in [3.8, 4) is 28.9 Å². The van der Waals surface area contributed by atoms with Gasteiger partial charge in [-0.05, 0) is 54.6 Å². The van der Waals surface area contributed by atoms with Gasteiger partial charge in [-0.2, -0.15) is 41.3 Å². The maximum atomic E-state index is 13.0.